The van der Waals surface area contributed by atoms with Crippen LogP contribution in [0.1, 0.15) is 15.9 Å². The highest BCUT2D eigenvalue weighted by Gasteiger charge is 2.23. The second-order valence-electron chi connectivity index (χ2n) is 7.44. The molecule has 1 fully saturated rings. The molecule has 3 aromatic rings. The lowest BCUT2D eigenvalue weighted by Crippen LogP contribution is -2.48. The number of amides is 1. The summed E-state index contributed by atoms with van der Waals surface area (Å²) in [5.41, 5.74) is 3.53. The lowest BCUT2D eigenvalue weighted by atomic mass is 10.1. The highest BCUT2D eigenvalue weighted by atomic mass is 16.5. The molecule has 0 bridgehead atoms. The number of hydrogen-bond acceptors (Lipinski definition) is 5. The van der Waals surface area contributed by atoms with E-state index < -0.39 is 0 Å². The van der Waals surface area contributed by atoms with Crippen molar-refractivity contribution in [3.8, 4) is 11.5 Å². The zero-order chi connectivity index (χ0) is 21.1. The number of methoxy groups -OCH3 is 1. The first-order valence-electron chi connectivity index (χ1n) is 9.98. The van der Waals surface area contributed by atoms with Gasteiger partial charge in [-0.25, -0.2) is 0 Å². The number of aromatic hydroxyl groups is 1. The van der Waals surface area contributed by atoms with Gasteiger partial charge in [-0.15, -0.1) is 0 Å². The number of aromatic nitrogens is 1. The minimum absolute atomic E-state index is 0.0473. The van der Waals surface area contributed by atoms with Gasteiger partial charge in [-0.2, -0.15) is 0 Å². The summed E-state index contributed by atoms with van der Waals surface area (Å²) in [6.45, 7) is 6.99. The van der Waals surface area contributed by atoms with Crippen molar-refractivity contribution in [2.45, 2.75) is 6.42 Å². The molecule has 4 rings (SSSR count). The van der Waals surface area contributed by atoms with Crippen LogP contribution in [0.15, 0.2) is 67.0 Å². The lowest BCUT2D eigenvalue weighted by Gasteiger charge is -2.37. The van der Waals surface area contributed by atoms with Crippen LogP contribution in [-0.4, -0.2) is 59.1 Å². The van der Waals surface area contributed by atoms with E-state index in [1.807, 2.05) is 41.3 Å². The Bertz CT molecular complexity index is 1090. The SMILES string of the molecule is C=C(Cc1ccc(OC)c(O)c1)N1CCN(C(=O)c2ccc3ncccc3c2)CC1. The molecule has 0 atom stereocenters. The Balaban J connectivity index is 1.36. The molecule has 0 radical (unpaired) electrons. The van der Waals surface area contributed by atoms with Crippen LogP contribution in [0.3, 0.4) is 0 Å². The van der Waals surface area contributed by atoms with Crippen LogP contribution in [0, 0.1) is 0 Å². The van der Waals surface area contributed by atoms with Gasteiger partial charge < -0.3 is 19.6 Å². The first-order valence-corrected chi connectivity index (χ1v) is 9.98. The van der Waals surface area contributed by atoms with E-state index in [4.69, 9.17) is 4.74 Å². The fraction of sp³-hybridized carbons (Fsp3) is 0.250. The molecule has 2 aromatic carbocycles. The van der Waals surface area contributed by atoms with Gasteiger partial charge in [-0.3, -0.25) is 9.78 Å². The molecule has 30 heavy (non-hydrogen) atoms. The third-order valence-corrected chi connectivity index (χ3v) is 5.52. The summed E-state index contributed by atoms with van der Waals surface area (Å²) in [6.07, 6.45) is 2.40. The second kappa shape index (κ2) is 8.45. The molecule has 6 heteroatoms. The van der Waals surface area contributed by atoms with E-state index in [2.05, 4.69) is 16.5 Å². The second-order valence-corrected chi connectivity index (χ2v) is 7.44. The number of phenolic OH excluding ortho intramolecular Hbond substituents is 1. The zero-order valence-corrected chi connectivity index (χ0v) is 17.0. The van der Waals surface area contributed by atoms with Crippen molar-refractivity contribution < 1.29 is 14.6 Å². The van der Waals surface area contributed by atoms with Gasteiger partial charge in [0.2, 0.25) is 0 Å². The number of hydrogen-bond donors (Lipinski definition) is 1. The largest absolute Gasteiger partial charge is 0.504 e. The average molecular weight is 403 g/mol. The van der Waals surface area contributed by atoms with Gasteiger partial charge in [0.05, 0.1) is 12.6 Å². The van der Waals surface area contributed by atoms with Crippen LogP contribution in [0.2, 0.25) is 0 Å². The summed E-state index contributed by atoms with van der Waals surface area (Å²) in [6, 6.07) is 14.9. The molecule has 0 saturated carbocycles. The number of carbonyl (C=O) groups is 1. The highest BCUT2D eigenvalue weighted by molar-refractivity contribution is 5.98. The third kappa shape index (κ3) is 4.08. The Morgan fingerprint density at radius 1 is 1.10 bits per heavy atom. The Labute approximate surface area is 176 Å². The summed E-state index contributed by atoms with van der Waals surface area (Å²) in [7, 11) is 1.53. The molecule has 1 aliphatic heterocycles. The van der Waals surface area contributed by atoms with Gasteiger partial charge in [-0.1, -0.05) is 18.7 Å². The van der Waals surface area contributed by atoms with E-state index in [0.29, 0.717) is 30.8 Å². The lowest BCUT2D eigenvalue weighted by molar-refractivity contribution is 0.0668. The van der Waals surface area contributed by atoms with E-state index in [1.165, 1.54) is 7.11 Å². The van der Waals surface area contributed by atoms with Gasteiger partial charge in [0.15, 0.2) is 11.5 Å². The molecule has 1 aromatic heterocycles. The average Bonchev–Trinajstić information content (AvgIpc) is 2.78. The minimum Gasteiger partial charge on any atom is -0.504 e. The molecular formula is C24H25N3O3. The molecule has 1 aliphatic rings. The Hall–Kier alpha value is -3.54. The van der Waals surface area contributed by atoms with Crippen molar-refractivity contribution in [2.24, 2.45) is 0 Å². The van der Waals surface area contributed by atoms with Gasteiger partial charge >= 0.3 is 0 Å². The van der Waals surface area contributed by atoms with Crippen LogP contribution in [0.25, 0.3) is 10.9 Å². The summed E-state index contributed by atoms with van der Waals surface area (Å²) >= 11 is 0. The fourth-order valence-corrected chi connectivity index (χ4v) is 3.81. The highest BCUT2D eigenvalue weighted by Crippen LogP contribution is 2.27. The van der Waals surface area contributed by atoms with Crippen molar-refractivity contribution in [3.05, 3.63) is 78.1 Å². The standard InChI is InChI=1S/C24H25N3O3/c1-17(14-18-5-8-23(30-2)22(28)15-18)26-10-12-27(13-11-26)24(29)20-6-7-21-19(16-20)4-3-9-25-21/h3-9,15-16,28H,1,10-14H2,2H3. The Morgan fingerprint density at radius 3 is 2.60 bits per heavy atom. The van der Waals surface area contributed by atoms with Crippen molar-refractivity contribution in [3.63, 3.8) is 0 Å². The van der Waals surface area contributed by atoms with Gasteiger partial charge in [0.25, 0.3) is 5.91 Å². The number of fused-ring (bicyclic) bond motifs is 1. The topological polar surface area (TPSA) is 65.9 Å². The summed E-state index contributed by atoms with van der Waals surface area (Å²) in [5.74, 6) is 0.635. The van der Waals surface area contributed by atoms with Crippen LogP contribution in [0.5, 0.6) is 11.5 Å². The molecular weight excluding hydrogens is 378 g/mol. The number of ether oxygens (including phenoxy) is 1. The van der Waals surface area contributed by atoms with E-state index in [1.54, 1.807) is 18.3 Å². The first kappa shape index (κ1) is 19.8. The quantitative estimate of drug-likeness (QED) is 0.707. The van der Waals surface area contributed by atoms with Crippen LogP contribution in [-0.2, 0) is 6.42 Å². The number of rotatable bonds is 5. The molecule has 0 aliphatic carbocycles. The smallest absolute Gasteiger partial charge is 0.253 e. The van der Waals surface area contributed by atoms with E-state index >= 15 is 0 Å². The predicted octanol–water partition coefficient (Wildman–Crippen LogP) is 3.46. The minimum atomic E-state index is 0.0473. The number of carbonyl (C=O) groups excluding carboxylic acids is 1. The molecule has 1 amide bonds. The molecule has 0 unspecified atom stereocenters. The van der Waals surface area contributed by atoms with Crippen molar-refractivity contribution in [1.29, 1.82) is 0 Å². The maximum Gasteiger partial charge on any atom is 0.253 e. The zero-order valence-electron chi connectivity index (χ0n) is 17.0. The Morgan fingerprint density at radius 2 is 1.87 bits per heavy atom. The van der Waals surface area contributed by atoms with Crippen molar-refractivity contribution in [2.75, 3.05) is 33.3 Å². The number of phenols is 1. The van der Waals surface area contributed by atoms with Crippen LogP contribution in [0.4, 0.5) is 0 Å². The maximum atomic E-state index is 12.9. The van der Waals surface area contributed by atoms with Crippen molar-refractivity contribution >= 4 is 16.8 Å². The van der Waals surface area contributed by atoms with Crippen molar-refractivity contribution in [1.82, 2.24) is 14.8 Å². The van der Waals surface area contributed by atoms with Gasteiger partial charge in [0, 0.05) is 55.4 Å². The monoisotopic (exact) mass is 403 g/mol. The predicted molar refractivity (Wildman–Crippen MR) is 117 cm³/mol. The van der Waals surface area contributed by atoms with Crippen LogP contribution >= 0.6 is 0 Å². The molecule has 2 heterocycles. The first-order chi connectivity index (χ1) is 14.5. The molecule has 154 valence electrons. The molecule has 1 saturated heterocycles. The molecule has 1 N–H and O–H groups in total. The summed E-state index contributed by atoms with van der Waals surface area (Å²) in [5, 5.41) is 10.9. The van der Waals surface area contributed by atoms with E-state index in [0.717, 1.165) is 35.3 Å². The van der Waals surface area contributed by atoms with E-state index in [9.17, 15) is 9.90 Å². The maximum absolute atomic E-state index is 12.9. The summed E-state index contributed by atoms with van der Waals surface area (Å²) in [4.78, 5) is 21.3. The Kier molecular flexibility index (Phi) is 5.57. The number of pyridine rings is 1. The number of nitrogens with zero attached hydrogens (tertiary/aromatic N) is 3. The van der Waals surface area contributed by atoms with Gasteiger partial charge in [-0.05, 0) is 42.0 Å². The van der Waals surface area contributed by atoms with Gasteiger partial charge in [0.1, 0.15) is 0 Å². The number of piperazine rings is 1. The van der Waals surface area contributed by atoms with E-state index in [-0.39, 0.29) is 11.7 Å². The normalized spacial score (nSPS) is 14.0. The number of benzene rings is 2. The fourth-order valence-electron chi connectivity index (χ4n) is 3.81. The number of allylic oxidation sites excluding steroid dienone is 1. The third-order valence-electron chi connectivity index (χ3n) is 5.52. The van der Waals surface area contributed by atoms with Crippen LogP contribution < -0.4 is 4.74 Å². The summed E-state index contributed by atoms with van der Waals surface area (Å²) < 4.78 is 5.09. The molecule has 6 nitrogen and oxygen atoms in total. The molecule has 0 spiro atoms.